The monoisotopic (exact) mass is 316 g/mol. The van der Waals surface area contributed by atoms with Crippen LogP contribution >= 0.6 is 11.5 Å². The second-order valence-corrected chi connectivity index (χ2v) is 6.51. The number of likely N-dealkylation sites (tertiary alicyclic amines) is 1. The number of piperidine rings is 1. The van der Waals surface area contributed by atoms with Gasteiger partial charge in [-0.25, -0.2) is 0 Å². The van der Waals surface area contributed by atoms with Crippen molar-refractivity contribution >= 4 is 17.3 Å². The molecular weight excluding hydrogens is 296 g/mol. The predicted octanol–water partition coefficient (Wildman–Crippen LogP) is 3.25. The van der Waals surface area contributed by atoms with E-state index in [0.717, 1.165) is 38.0 Å². The highest BCUT2D eigenvalue weighted by atomic mass is 32.1. The lowest BCUT2D eigenvalue weighted by Crippen LogP contribution is -2.35. The van der Waals surface area contributed by atoms with Gasteiger partial charge < -0.3 is 4.74 Å². The molecule has 22 heavy (non-hydrogen) atoms. The van der Waals surface area contributed by atoms with Crippen molar-refractivity contribution in [1.29, 1.82) is 0 Å². The maximum Gasteiger partial charge on any atom is 0.225 e. The van der Waals surface area contributed by atoms with Gasteiger partial charge in [-0.2, -0.15) is 4.37 Å². The highest BCUT2D eigenvalue weighted by Gasteiger charge is 2.25. The minimum Gasteiger partial charge on any atom is -0.480 e. The quantitative estimate of drug-likeness (QED) is 0.794. The molecule has 0 N–H and O–H groups in total. The third kappa shape index (κ3) is 3.54. The van der Waals surface area contributed by atoms with Crippen LogP contribution in [-0.2, 0) is 6.54 Å². The van der Waals surface area contributed by atoms with Gasteiger partial charge in [0.2, 0.25) is 5.88 Å². The molecule has 116 valence electrons. The van der Waals surface area contributed by atoms with Gasteiger partial charge in [0.05, 0.1) is 7.11 Å². The van der Waals surface area contributed by atoms with E-state index in [1.54, 1.807) is 7.11 Å². The topological polar surface area (TPSA) is 42.4 Å². The maximum absolute atomic E-state index is 12.5. The summed E-state index contributed by atoms with van der Waals surface area (Å²) in [5.74, 6) is 1.14. The van der Waals surface area contributed by atoms with Gasteiger partial charge in [0, 0.05) is 29.0 Å². The first-order valence-electron chi connectivity index (χ1n) is 7.57. The molecular formula is C17H20N2O2S. The van der Waals surface area contributed by atoms with Gasteiger partial charge in [0.25, 0.3) is 0 Å². The zero-order chi connectivity index (χ0) is 15.4. The lowest BCUT2D eigenvalue weighted by Gasteiger charge is -2.30. The van der Waals surface area contributed by atoms with E-state index in [9.17, 15) is 4.79 Å². The van der Waals surface area contributed by atoms with E-state index in [2.05, 4.69) is 9.27 Å². The molecule has 2 heterocycles. The molecule has 4 nitrogen and oxygen atoms in total. The number of nitrogens with zero attached hydrogens (tertiary/aromatic N) is 2. The van der Waals surface area contributed by atoms with E-state index in [1.165, 1.54) is 16.4 Å². The van der Waals surface area contributed by atoms with Crippen molar-refractivity contribution in [2.75, 3.05) is 20.2 Å². The zero-order valence-corrected chi connectivity index (χ0v) is 13.5. The van der Waals surface area contributed by atoms with Crippen LogP contribution in [0.5, 0.6) is 5.88 Å². The summed E-state index contributed by atoms with van der Waals surface area (Å²) in [5.41, 5.74) is 0.841. The van der Waals surface area contributed by atoms with Crippen LogP contribution in [0, 0.1) is 5.92 Å². The van der Waals surface area contributed by atoms with E-state index < -0.39 is 0 Å². The number of rotatable bonds is 5. The number of ether oxygens (including phenoxy) is 1. The fourth-order valence-corrected chi connectivity index (χ4v) is 3.60. The molecule has 5 heteroatoms. The molecule has 1 fully saturated rings. The van der Waals surface area contributed by atoms with Crippen LogP contribution < -0.4 is 4.74 Å². The number of aromatic nitrogens is 1. The molecule has 0 atom stereocenters. The van der Waals surface area contributed by atoms with Crippen molar-refractivity contribution in [2.45, 2.75) is 19.4 Å². The fourth-order valence-electron chi connectivity index (χ4n) is 2.88. The Morgan fingerprint density at radius 2 is 2.05 bits per heavy atom. The van der Waals surface area contributed by atoms with E-state index in [4.69, 9.17) is 4.74 Å². The molecule has 3 rings (SSSR count). The smallest absolute Gasteiger partial charge is 0.225 e. The van der Waals surface area contributed by atoms with E-state index >= 15 is 0 Å². The van der Waals surface area contributed by atoms with E-state index in [-0.39, 0.29) is 5.92 Å². The Kier molecular flexibility index (Phi) is 4.85. The SMILES string of the molecule is COc1cc(CN2CCC(C(=O)c3ccccc3)CC2)sn1. The summed E-state index contributed by atoms with van der Waals surface area (Å²) in [6.07, 6.45) is 1.87. The Morgan fingerprint density at radius 3 is 2.68 bits per heavy atom. The Balaban J connectivity index is 1.53. The van der Waals surface area contributed by atoms with Crippen LogP contribution in [0.4, 0.5) is 0 Å². The summed E-state index contributed by atoms with van der Waals surface area (Å²) in [4.78, 5) is 16.1. The summed E-state index contributed by atoms with van der Waals surface area (Å²) in [6.45, 7) is 2.82. The number of hydrogen-bond donors (Lipinski definition) is 0. The first-order chi connectivity index (χ1) is 10.8. The molecule has 1 aromatic carbocycles. The Hall–Kier alpha value is -1.72. The number of carbonyl (C=O) groups excluding carboxylic acids is 1. The van der Waals surface area contributed by atoms with Gasteiger partial charge in [0.15, 0.2) is 5.78 Å². The average Bonchev–Trinajstić information content (AvgIpc) is 3.03. The van der Waals surface area contributed by atoms with Crippen molar-refractivity contribution in [3.8, 4) is 5.88 Å². The Bertz CT molecular complexity index is 619. The number of hydrogen-bond acceptors (Lipinski definition) is 5. The summed E-state index contributed by atoms with van der Waals surface area (Å²) in [5, 5.41) is 0. The molecule has 1 aliphatic rings. The largest absolute Gasteiger partial charge is 0.480 e. The van der Waals surface area contributed by atoms with Crippen molar-refractivity contribution in [3.05, 3.63) is 46.8 Å². The summed E-state index contributed by atoms with van der Waals surface area (Å²) < 4.78 is 9.34. The van der Waals surface area contributed by atoms with Gasteiger partial charge >= 0.3 is 0 Å². The normalized spacial score (nSPS) is 16.6. The Labute approximate surface area is 134 Å². The number of ketones is 1. The molecule has 0 saturated carbocycles. The van der Waals surface area contributed by atoms with Crippen molar-refractivity contribution in [2.24, 2.45) is 5.92 Å². The highest BCUT2D eigenvalue weighted by molar-refractivity contribution is 7.05. The maximum atomic E-state index is 12.5. The van der Waals surface area contributed by atoms with Crippen LogP contribution in [0.15, 0.2) is 36.4 Å². The summed E-state index contributed by atoms with van der Waals surface area (Å²) >= 11 is 1.49. The van der Waals surface area contributed by atoms with Gasteiger partial charge in [-0.05, 0) is 37.5 Å². The molecule has 0 radical (unpaired) electrons. The number of benzene rings is 1. The first kappa shape index (κ1) is 15.2. The summed E-state index contributed by atoms with van der Waals surface area (Å²) in [6, 6.07) is 11.6. The molecule has 1 saturated heterocycles. The van der Waals surface area contributed by atoms with Crippen LogP contribution in [0.25, 0.3) is 0 Å². The molecule has 0 spiro atoms. The minimum absolute atomic E-state index is 0.162. The lowest BCUT2D eigenvalue weighted by molar-refractivity contribution is 0.0835. The van der Waals surface area contributed by atoms with Gasteiger partial charge in [-0.15, -0.1) is 0 Å². The van der Waals surface area contributed by atoms with Crippen molar-refractivity contribution in [3.63, 3.8) is 0 Å². The molecule has 0 bridgehead atoms. The summed E-state index contributed by atoms with van der Waals surface area (Å²) in [7, 11) is 1.64. The standard InChI is InChI=1S/C17H20N2O2S/c1-21-16-11-15(22-18-16)12-19-9-7-14(8-10-19)17(20)13-5-3-2-4-6-13/h2-6,11,14H,7-10,12H2,1H3. The van der Waals surface area contributed by atoms with Crippen LogP contribution in [0.2, 0.25) is 0 Å². The van der Waals surface area contributed by atoms with Crippen LogP contribution in [0.1, 0.15) is 28.1 Å². The molecule has 0 aliphatic carbocycles. The molecule has 2 aromatic rings. The first-order valence-corrected chi connectivity index (χ1v) is 8.35. The van der Waals surface area contributed by atoms with Gasteiger partial charge in [0.1, 0.15) is 0 Å². The van der Waals surface area contributed by atoms with Crippen LogP contribution in [0.3, 0.4) is 0 Å². The van der Waals surface area contributed by atoms with E-state index in [0.29, 0.717) is 11.7 Å². The van der Waals surface area contributed by atoms with Crippen molar-refractivity contribution in [1.82, 2.24) is 9.27 Å². The third-order valence-electron chi connectivity index (χ3n) is 4.14. The highest BCUT2D eigenvalue weighted by Crippen LogP contribution is 2.24. The van der Waals surface area contributed by atoms with E-state index in [1.807, 2.05) is 36.4 Å². The Morgan fingerprint density at radius 1 is 1.32 bits per heavy atom. The number of carbonyl (C=O) groups is 1. The minimum atomic E-state index is 0.162. The van der Waals surface area contributed by atoms with Gasteiger partial charge in [-0.3, -0.25) is 9.69 Å². The number of methoxy groups -OCH3 is 1. The number of Topliss-reactive ketones (excluding diaryl/α,β-unsaturated/α-hetero) is 1. The van der Waals surface area contributed by atoms with Crippen LogP contribution in [-0.4, -0.2) is 35.3 Å². The lowest BCUT2D eigenvalue weighted by atomic mass is 9.89. The second kappa shape index (κ2) is 7.03. The molecule has 0 unspecified atom stereocenters. The zero-order valence-electron chi connectivity index (χ0n) is 12.7. The van der Waals surface area contributed by atoms with Crippen molar-refractivity contribution < 1.29 is 9.53 Å². The molecule has 1 aromatic heterocycles. The molecule has 0 amide bonds. The molecule has 1 aliphatic heterocycles. The second-order valence-electron chi connectivity index (χ2n) is 5.62. The third-order valence-corrected chi connectivity index (χ3v) is 4.90. The fraction of sp³-hybridized carbons (Fsp3) is 0.412. The average molecular weight is 316 g/mol. The van der Waals surface area contributed by atoms with Gasteiger partial charge in [-0.1, -0.05) is 30.3 Å². The predicted molar refractivity (Wildman–Crippen MR) is 87.4 cm³/mol.